The Balaban J connectivity index is 1.92. The van der Waals surface area contributed by atoms with E-state index in [2.05, 4.69) is 15.5 Å². The molecule has 20 heavy (non-hydrogen) atoms. The van der Waals surface area contributed by atoms with Gasteiger partial charge in [-0.3, -0.25) is 9.78 Å². The van der Waals surface area contributed by atoms with Crippen LogP contribution in [-0.2, 0) is 0 Å². The molecule has 0 radical (unpaired) electrons. The molecule has 0 spiro atoms. The summed E-state index contributed by atoms with van der Waals surface area (Å²) in [5, 5.41) is 7.33. The van der Waals surface area contributed by atoms with Crippen molar-refractivity contribution in [2.24, 2.45) is 0 Å². The molecule has 0 saturated heterocycles. The van der Waals surface area contributed by atoms with Gasteiger partial charge in [-0.15, -0.1) is 0 Å². The molecule has 100 valence electrons. The minimum absolute atomic E-state index is 0.196. The average molecular weight is 267 g/mol. The van der Waals surface area contributed by atoms with Crippen LogP contribution in [-0.4, -0.2) is 16.0 Å². The Morgan fingerprint density at radius 3 is 2.80 bits per heavy atom. The van der Waals surface area contributed by atoms with Crippen molar-refractivity contribution in [3.63, 3.8) is 0 Å². The summed E-state index contributed by atoms with van der Waals surface area (Å²) in [4.78, 5) is 16.6. The number of aryl methyl sites for hydroxylation is 2. The summed E-state index contributed by atoms with van der Waals surface area (Å²) >= 11 is 0. The maximum atomic E-state index is 12.2. The van der Waals surface area contributed by atoms with E-state index in [1.165, 1.54) is 6.20 Å². The Bertz CT molecular complexity index is 793. The number of hydrogen-bond donors (Lipinski definition) is 1. The fourth-order valence-electron chi connectivity index (χ4n) is 1.98. The van der Waals surface area contributed by atoms with Crippen molar-refractivity contribution in [3.8, 4) is 0 Å². The van der Waals surface area contributed by atoms with Crippen molar-refractivity contribution in [2.45, 2.75) is 13.8 Å². The maximum absolute atomic E-state index is 12.2. The first-order valence-electron chi connectivity index (χ1n) is 6.23. The number of nitrogens with zero attached hydrogens (tertiary/aromatic N) is 2. The van der Waals surface area contributed by atoms with Crippen molar-refractivity contribution in [2.75, 3.05) is 5.32 Å². The highest BCUT2D eigenvalue weighted by molar-refractivity contribution is 6.06. The first kappa shape index (κ1) is 12.3. The van der Waals surface area contributed by atoms with E-state index in [-0.39, 0.29) is 5.91 Å². The lowest BCUT2D eigenvalue weighted by Crippen LogP contribution is -2.11. The van der Waals surface area contributed by atoms with Crippen molar-refractivity contribution in [1.29, 1.82) is 0 Å². The second kappa shape index (κ2) is 4.77. The Kier molecular flexibility index (Phi) is 2.95. The predicted octanol–water partition coefficient (Wildman–Crippen LogP) is 3.09. The van der Waals surface area contributed by atoms with Gasteiger partial charge in [0.25, 0.3) is 5.91 Å². The fraction of sp³-hybridized carbons (Fsp3) is 0.133. The minimum Gasteiger partial charge on any atom is -0.359 e. The van der Waals surface area contributed by atoms with E-state index in [4.69, 9.17) is 4.52 Å². The Morgan fingerprint density at radius 2 is 2.05 bits per heavy atom. The van der Waals surface area contributed by atoms with Gasteiger partial charge in [0.2, 0.25) is 0 Å². The Morgan fingerprint density at radius 1 is 1.20 bits per heavy atom. The summed E-state index contributed by atoms with van der Waals surface area (Å²) in [6.45, 7) is 3.68. The highest BCUT2D eigenvalue weighted by Crippen LogP contribution is 2.17. The highest BCUT2D eigenvalue weighted by atomic mass is 16.5. The van der Waals surface area contributed by atoms with Crippen LogP contribution < -0.4 is 5.32 Å². The maximum Gasteiger partial charge on any atom is 0.255 e. The number of pyridine rings is 1. The van der Waals surface area contributed by atoms with Gasteiger partial charge in [-0.2, -0.15) is 0 Å². The molecule has 1 aromatic carbocycles. The van der Waals surface area contributed by atoms with Crippen LogP contribution in [0, 0.1) is 13.8 Å². The molecule has 3 aromatic rings. The molecule has 0 saturated carbocycles. The van der Waals surface area contributed by atoms with Crippen LogP contribution in [0.3, 0.4) is 0 Å². The number of aromatic nitrogens is 2. The third-order valence-corrected chi connectivity index (χ3v) is 3.09. The van der Waals surface area contributed by atoms with Gasteiger partial charge in [0.1, 0.15) is 5.69 Å². The monoisotopic (exact) mass is 267 g/mol. The SMILES string of the molecule is Cc1ccc2cc(C(=O)Nc3cnoc3C)ccc2n1. The van der Waals surface area contributed by atoms with Crippen LogP contribution in [0.15, 0.2) is 41.1 Å². The number of rotatable bonds is 2. The molecule has 3 rings (SSSR count). The lowest BCUT2D eigenvalue weighted by Gasteiger charge is -2.05. The van der Waals surface area contributed by atoms with E-state index in [1.54, 1.807) is 13.0 Å². The van der Waals surface area contributed by atoms with Gasteiger partial charge < -0.3 is 9.84 Å². The van der Waals surface area contributed by atoms with Gasteiger partial charge >= 0.3 is 0 Å². The third kappa shape index (κ3) is 2.25. The molecule has 2 aromatic heterocycles. The normalized spacial score (nSPS) is 10.7. The average Bonchev–Trinajstić information content (AvgIpc) is 2.83. The fourth-order valence-corrected chi connectivity index (χ4v) is 1.98. The lowest BCUT2D eigenvalue weighted by atomic mass is 10.1. The summed E-state index contributed by atoms with van der Waals surface area (Å²) in [5.41, 5.74) is 2.98. The third-order valence-electron chi connectivity index (χ3n) is 3.09. The zero-order valence-corrected chi connectivity index (χ0v) is 11.2. The molecular formula is C15H13N3O2. The molecule has 0 aliphatic carbocycles. The molecule has 5 nitrogen and oxygen atoms in total. The molecule has 2 heterocycles. The van der Waals surface area contributed by atoms with Crippen molar-refractivity contribution >= 4 is 22.5 Å². The second-order valence-electron chi connectivity index (χ2n) is 4.61. The predicted molar refractivity (Wildman–Crippen MR) is 75.7 cm³/mol. The Hall–Kier alpha value is -2.69. The van der Waals surface area contributed by atoms with Crippen LogP contribution in [0.5, 0.6) is 0 Å². The van der Waals surface area contributed by atoms with Crippen molar-refractivity contribution < 1.29 is 9.32 Å². The van der Waals surface area contributed by atoms with Crippen LogP contribution >= 0.6 is 0 Å². The zero-order valence-electron chi connectivity index (χ0n) is 11.2. The minimum atomic E-state index is -0.196. The molecule has 0 fully saturated rings. The van der Waals surface area contributed by atoms with E-state index in [0.717, 1.165) is 16.6 Å². The number of nitrogens with one attached hydrogen (secondary N) is 1. The first-order valence-corrected chi connectivity index (χ1v) is 6.23. The summed E-state index contributed by atoms with van der Waals surface area (Å²) in [5.74, 6) is 0.384. The number of hydrogen-bond acceptors (Lipinski definition) is 4. The lowest BCUT2D eigenvalue weighted by molar-refractivity contribution is 0.102. The smallest absolute Gasteiger partial charge is 0.255 e. The summed E-state index contributed by atoms with van der Waals surface area (Å²) < 4.78 is 4.91. The van der Waals surface area contributed by atoms with E-state index >= 15 is 0 Å². The number of amides is 1. The molecule has 0 unspecified atom stereocenters. The number of benzene rings is 1. The highest BCUT2D eigenvalue weighted by Gasteiger charge is 2.10. The number of carbonyl (C=O) groups excluding carboxylic acids is 1. The van der Waals surface area contributed by atoms with E-state index < -0.39 is 0 Å². The molecule has 0 atom stereocenters. The quantitative estimate of drug-likeness (QED) is 0.774. The number of fused-ring (bicyclic) bond motifs is 1. The van der Waals surface area contributed by atoms with Crippen molar-refractivity contribution in [1.82, 2.24) is 10.1 Å². The van der Waals surface area contributed by atoms with Gasteiger partial charge in [0.05, 0.1) is 11.7 Å². The first-order chi connectivity index (χ1) is 9.63. The van der Waals surface area contributed by atoms with Gasteiger partial charge in [-0.05, 0) is 38.1 Å². The molecule has 1 N–H and O–H groups in total. The second-order valence-corrected chi connectivity index (χ2v) is 4.61. The van der Waals surface area contributed by atoms with E-state index in [0.29, 0.717) is 17.0 Å². The topological polar surface area (TPSA) is 68.0 Å². The van der Waals surface area contributed by atoms with E-state index in [9.17, 15) is 4.79 Å². The molecule has 0 aliphatic heterocycles. The number of carbonyl (C=O) groups is 1. The van der Waals surface area contributed by atoms with Crippen molar-refractivity contribution in [3.05, 3.63) is 53.5 Å². The van der Waals surface area contributed by atoms with Gasteiger partial charge in [-0.1, -0.05) is 11.2 Å². The van der Waals surface area contributed by atoms with Gasteiger partial charge in [0.15, 0.2) is 5.76 Å². The van der Waals surface area contributed by atoms with Gasteiger partial charge in [0, 0.05) is 16.6 Å². The molecule has 0 aliphatic rings. The Labute approximate surface area is 115 Å². The summed E-state index contributed by atoms with van der Waals surface area (Å²) in [6, 6.07) is 9.30. The van der Waals surface area contributed by atoms with Crippen LogP contribution in [0.25, 0.3) is 10.9 Å². The van der Waals surface area contributed by atoms with Crippen LogP contribution in [0.4, 0.5) is 5.69 Å². The molecule has 1 amide bonds. The largest absolute Gasteiger partial charge is 0.359 e. The van der Waals surface area contributed by atoms with Gasteiger partial charge in [-0.25, -0.2) is 0 Å². The van der Waals surface area contributed by atoms with Crippen LogP contribution in [0.2, 0.25) is 0 Å². The standard InChI is InChI=1S/C15H13N3O2/c1-9-3-4-11-7-12(5-6-13(11)17-9)15(19)18-14-8-16-20-10(14)2/h3-8H,1-2H3,(H,18,19). The number of anilines is 1. The summed E-state index contributed by atoms with van der Waals surface area (Å²) in [7, 11) is 0. The molecule has 0 bridgehead atoms. The molecular weight excluding hydrogens is 254 g/mol. The molecule has 5 heteroatoms. The zero-order chi connectivity index (χ0) is 14.1. The van der Waals surface area contributed by atoms with E-state index in [1.807, 2.05) is 31.2 Å². The van der Waals surface area contributed by atoms with Crippen LogP contribution in [0.1, 0.15) is 21.8 Å². The summed E-state index contributed by atoms with van der Waals surface area (Å²) in [6.07, 6.45) is 1.49.